The van der Waals surface area contributed by atoms with Gasteiger partial charge in [-0.2, -0.15) is 13.2 Å². The molecule has 7 heteroatoms. The number of rotatable bonds is 7. The smallest absolute Gasteiger partial charge is 0.420 e. The van der Waals surface area contributed by atoms with E-state index in [9.17, 15) is 17.6 Å². The van der Waals surface area contributed by atoms with E-state index < -0.39 is 29.6 Å². The van der Waals surface area contributed by atoms with E-state index in [1.54, 1.807) is 13.8 Å². The second-order valence-electron chi connectivity index (χ2n) is 3.79. The molecule has 0 fully saturated rings. The van der Waals surface area contributed by atoms with Gasteiger partial charge in [-0.1, -0.05) is 0 Å². The van der Waals surface area contributed by atoms with Crippen LogP contribution in [0.15, 0.2) is 18.2 Å². The maximum Gasteiger partial charge on any atom is 0.420 e. The second-order valence-corrected chi connectivity index (χ2v) is 3.79. The minimum Gasteiger partial charge on any atom is -0.488 e. The fourth-order valence-electron chi connectivity index (χ4n) is 1.52. The van der Waals surface area contributed by atoms with Crippen molar-refractivity contribution in [3.05, 3.63) is 29.6 Å². The molecule has 0 amide bonds. The fraction of sp³-hybridized carbons (Fsp3) is 0.538. The molecule has 0 unspecified atom stereocenters. The van der Waals surface area contributed by atoms with Gasteiger partial charge in [0.25, 0.3) is 0 Å². The summed E-state index contributed by atoms with van der Waals surface area (Å²) >= 11 is 0. The van der Waals surface area contributed by atoms with Crippen molar-refractivity contribution in [2.75, 3.05) is 19.8 Å². The summed E-state index contributed by atoms with van der Waals surface area (Å²) in [5, 5.41) is 0. The Morgan fingerprint density at radius 3 is 2.20 bits per heavy atom. The van der Waals surface area contributed by atoms with Crippen LogP contribution in [-0.4, -0.2) is 26.1 Å². The molecule has 0 N–H and O–H groups in total. The Morgan fingerprint density at radius 1 is 1.10 bits per heavy atom. The van der Waals surface area contributed by atoms with Gasteiger partial charge in [0, 0.05) is 13.2 Å². The quantitative estimate of drug-likeness (QED) is 0.568. The molecule has 0 aliphatic rings. The van der Waals surface area contributed by atoms with Crippen LogP contribution in [-0.2, 0) is 15.7 Å². The first-order valence-corrected chi connectivity index (χ1v) is 6.11. The van der Waals surface area contributed by atoms with Crippen molar-refractivity contribution in [1.29, 1.82) is 0 Å². The number of hydrogen-bond donors (Lipinski definition) is 0. The predicted octanol–water partition coefficient (Wildman–Crippen LogP) is 3.62. The van der Waals surface area contributed by atoms with Gasteiger partial charge in [-0.25, -0.2) is 4.39 Å². The zero-order valence-corrected chi connectivity index (χ0v) is 11.2. The Balaban J connectivity index is 2.81. The number of benzene rings is 1. The Labute approximate surface area is 114 Å². The third kappa shape index (κ3) is 4.97. The summed E-state index contributed by atoms with van der Waals surface area (Å²) in [4.78, 5) is 0. The number of alkyl halides is 3. The maximum absolute atomic E-state index is 12.9. The van der Waals surface area contributed by atoms with Crippen LogP contribution in [0.5, 0.6) is 5.75 Å². The van der Waals surface area contributed by atoms with Crippen molar-refractivity contribution < 1.29 is 31.8 Å². The molecule has 0 atom stereocenters. The molecule has 0 spiro atoms. The molecule has 0 aromatic heterocycles. The topological polar surface area (TPSA) is 27.7 Å². The van der Waals surface area contributed by atoms with Gasteiger partial charge in [-0.05, 0) is 32.0 Å². The predicted molar refractivity (Wildman–Crippen MR) is 63.9 cm³/mol. The van der Waals surface area contributed by atoms with Crippen molar-refractivity contribution in [2.24, 2.45) is 0 Å². The van der Waals surface area contributed by atoms with Gasteiger partial charge in [0.05, 0.1) is 0 Å². The van der Waals surface area contributed by atoms with E-state index in [-0.39, 0.29) is 6.61 Å². The SMILES string of the molecule is CCOC(COc1ccc(F)cc1C(F)(F)F)OCC. The van der Waals surface area contributed by atoms with E-state index in [4.69, 9.17) is 14.2 Å². The van der Waals surface area contributed by atoms with Gasteiger partial charge >= 0.3 is 6.18 Å². The van der Waals surface area contributed by atoms with E-state index in [1.807, 2.05) is 0 Å². The summed E-state index contributed by atoms with van der Waals surface area (Å²) in [5.74, 6) is -1.43. The highest BCUT2D eigenvalue weighted by Gasteiger charge is 2.35. The molecule has 1 aromatic carbocycles. The monoisotopic (exact) mass is 296 g/mol. The summed E-state index contributed by atoms with van der Waals surface area (Å²) in [7, 11) is 0. The van der Waals surface area contributed by atoms with Crippen LogP contribution in [0.2, 0.25) is 0 Å². The summed E-state index contributed by atoms with van der Waals surface area (Å²) in [6.07, 6.45) is -5.46. The minimum absolute atomic E-state index is 0.212. The Morgan fingerprint density at radius 2 is 1.70 bits per heavy atom. The molecule has 0 saturated carbocycles. The van der Waals surface area contributed by atoms with Crippen molar-refractivity contribution in [3.8, 4) is 5.75 Å². The second kappa shape index (κ2) is 7.44. The molecular formula is C13H16F4O3. The lowest BCUT2D eigenvalue weighted by atomic mass is 10.2. The van der Waals surface area contributed by atoms with E-state index in [2.05, 4.69) is 0 Å². The van der Waals surface area contributed by atoms with Crippen LogP contribution < -0.4 is 4.74 Å². The van der Waals surface area contributed by atoms with E-state index in [0.29, 0.717) is 19.3 Å². The molecule has 114 valence electrons. The van der Waals surface area contributed by atoms with Crippen molar-refractivity contribution in [2.45, 2.75) is 26.3 Å². The first-order chi connectivity index (χ1) is 9.38. The van der Waals surface area contributed by atoms with E-state index in [1.165, 1.54) is 0 Å². The average Bonchev–Trinajstić information content (AvgIpc) is 2.36. The molecule has 0 saturated heterocycles. The third-order valence-electron chi connectivity index (χ3n) is 2.33. The highest BCUT2D eigenvalue weighted by atomic mass is 19.4. The Hall–Kier alpha value is -1.34. The number of halogens is 4. The third-order valence-corrected chi connectivity index (χ3v) is 2.33. The summed E-state index contributed by atoms with van der Waals surface area (Å²) < 4.78 is 66.5. The number of ether oxygens (including phenoxy) is 3. The zero-order chi connectivity index (χ0) is 15.2. The Kier molecular flexibility index (Phi) is 6.22. The van der Waals surface area contributed by atoms with E-state index >= 15 is 0 Å². The van der Waals surface area contributed by atoms with Gasteiger partial charge in [0.2, 0.25) is 0 Å². The average molecular weight is 296 g/mol. The first kappa shape index (κ1) is 16.7. The molecule has 1 aromatic rings. The minimum atomic E-state index is -4.69. The normalized spacial score (nSPS) is 11.9. The standard InChI is InChI=1S/C13H16F4O3/c1-3-18-12(19-4-2)8-20-11-6-5-9(14)7-10(11)13(15,16)17/h5-7,12H,3-4,8H2,1-2H3. The van der Waals surface area contributed by atoms with Gasteiger partial charge < -0.3 is 14.2 Å². The van der Waals surface area contributed by atoms with Crippen LogP contribution in [0.25, 0.3) is 0 Å². The van der Waals surface area contributed by atoms with Gasteiger partial charge in [-0.15, -0.1) is 0 Å². The molecule has 0 heterocycles. The Bertz CT molecular complexity index is 415. The van der Waals surface area contributed by atoms with Crippen LogP contribution in [0.1, 0.15) is 19.4 Å². The van der Waals surface area contributed by atoms with Crippen LogP contribution in [0.3, 0.4) is 0 Å². The van der Waals surface area contributed by atoms with Crippen LogP contribution in [0, 0.1) is 5.82 Å². The summed E-state index contributed by atoms with van der Waals surface area (Å²) in [6, 6.07) is 2.24. The summed E-state index contributed by atoms with van der Waals surface area (Å²) in [5.41, 5.74) is -1.16. The molecule has 0 aliphatic carbocycles. The van der Waals surface area contributed by atoms with Gasteiger partial charge in [0.15, 0.2) is 6.29 Å². The molecular weight excluding hydrogens is 280 g/mol. The van der Waals surface area contributed by atoms with Crippen molar-refractivity contribution >= 4 is 0 Å². The lowest BCUT2D eigenvalue weighted by Gasteiger charge is -2.19. The van der Waals surface area contributed by atoms with Crippen LogP contribution in [0.4, 0.5) is 17.6 Å². The zero-order valence-electron chi connectivity index (χ0n) is 11.2. The fourth-order valence-corrected chi connectivity index (χ4v) is 1.52. The lowest BCUT2D eigenvalue weighted by molar-refractivity contribution is -0.156. The van der Waals surface area contributed by atoms with Gasteiger partial charge in [-0.3, -0.25) is 0 Å². The lowest BCUT2D eigenvalue weighted by Crippen LogP contribution is -2.25. The molecule has 1 rings (SSSR count). The number of hydrogen-bond acceptors (Lipinski definition) is 3. The van der Waals surface area contributed by atoms with E-state index in [0.717, 1.165) is 12.1 Å². The highest BCUT2D eigenvalue weighted by molar-refractivity contribution is 5.36. The summed E-state index contributed by atoms with van der Waals surface area (Å²) in [6.45, 7) is 3.92. The van der Waals surface area contributed by atoms with Crippen molar-refractivity contribution in [3.63, 3.8) is 0 Å². The highest BCUT2D eigenvalue weighted by Crippen LogP contribution is 2.36. The molecule has 0 aliphatic heterocycles. The molecule has 0 bridgehead atoms. The van der Waals surface area contributed by atoms with Gasteiger partial charge in [0.1, 0.15) is 23.7 Å². The van der Waals surface area contributed by atoms with Crippen LogP contribution >= 0.6 is 0 Å². The first-order valence-electron chi connectivity index (χ1n) is 6.11. The maximum atomic E-state index is 12.9. The largest absolute Gasteiger partial charge is 0.488 e. The van der Waals surface area contributed by atoms with Crippen molar-refractivity contribution in [1.82, 2.24) is 0 Å². The molecule has 20 heavy (non-hydrogen) atoms. The molecule has 0 radical (unpaired) electrons. The molecule has 3 nitrogen and oxygen atoms in total.